The SMILES string of the molecule is N[C@H]1C[C@@](Cc2c[nH]c3ccccc23)(C(=O)O)OC1=O. The van der Waals surface area contributed by atoms with Gasteiger partial charge in [-0.2, -0.15) is 0 Å². The van der Waals surface area contributed by atoms with E-state index in [4.69, 9.17) is 10.5 Å². The van der Waals surface area contributed by atoms with Crippen LogP contribution in [-0.4, -0.2) is 33.7 Å². The molecule has 2 heterocycles. The second-order valence-electron chi connectivity index (χ2n) is 5.07. The highest BCUT2D eigenvalue weighted by Crippen LogP contribution is 2.32. The third kappa shape index (κ3) is 1.85. The van der Waals surface area contributed by atoms with Gasteiger partial charge < -0.3 is 20.6 Å². The monoisotopic (exact) mass is 274 g/mol. The highest BCUT2D eigenvalue weighted by Gasteiger charge is 2.51. The van der Waals surface area contributed by atoms with Gasteiger partial charge >= 0.3 is 11.9 Å². The van der Waals surface area contributed by atoms with Crippen LogP contribution in [-0.2, 0) is 20.7 Å². The number of hydrogen-bond acceptors (Lipinski definition) is 4. The molecular weight excluding hydrogens is 260 g/mol. The standard InChI is InChI=1S/C14H14N2O4/c15-10-6-14(13(18)19,20-12(10)17)5-8-7-16-11-4-2-1-3-9(8)11/h1-4,7,10,16H,5-6,15H2,(H,18,19)/t10-,14-/m0/s1. The lowest BCUT2D eigenvalue weighted by molar-refractivity contribution is -0.169. The number of cyclic esters (lactones) is 1. The summed E-state index contributed by atoms with van der Waals surface area (Å²) in [6.45, 7) is 0. The highest BCUT2D eigenvalue weighted by molar-refractivity contribution is 5.90. The minimum absolute atomic E-state index is 0.0132. The molecule has 0 spiro atoms. The van der Waals surface area contributed by atoms with E-state index in [-0.39, 0.29) is 12.8 Å². The first-order valence-corrected chi connectivity index (χ1v) is 6.29. The molecule has 0 amide bonds. The largest absolute Gasteiger partial charge is 0.478 e. The molecule has 0 saturated carbocycles. The van der Waals surface area contributed by atoms with Crippen molar-refractivity contribution in [1.29, 1.82) is 0 Å². The molecule has 3 rings (SSSR count). The Morgan fingerprint density at radius 1 is 1.50 bits per heavy atom. The third-order valence-electron chi connectivity index (χ3n) is 3.69. The smallest absolute Gasteiger partial charge is 0.348 e. The van der Waals surface area contributed by atoms with E-state index < -0.39 is 23.6 Å². The molecule has 1 aliphatic heterocycles. The molecule has 4 N–H and O–H groups in total. The number of carboxylic acids is 1. The van der Waals surface area contributed by atoms with E-state index in [1.165, 1.54) is 0 Å². The van der Waals surface area contributed by atoms with Crippen LogP contribution in [0, 0.1) is 0 Å². The van der Waals surface area contributed by atoms with Gasteiger partial charge in [-0.05, 0) is 11.6 Å². The summed E-state index contributed by atoms with van der Waals surface area (Å²) in [5.41, 5.74) is 5.73. The lowest BCUT2D eigenvalue weighted by Gasteiger charge is -2.22. The Morgan fingerprint density at radius 3 is 2.90 bits per heavy atom. The molecular formula is C14H14N2O4. The van der Waals surface area contributed by atoms with Gasteiger partial charge in [0, 0.05) is 29.9 Å². The van der Waals surface area contributed by atoms with Crippen LogP contribution in [0.5, 0.6) is 0 Å². The molecule has 0 bridgehead atoms. The number of carboxylic acid groups (broad SMARTS) is 1. The Labute approximate surface area is 114 Å². The molecule has 2 atom stereocenters. The van der Waals surface area contributed by atoms with Gasteiger partial charge in [-0.15, -0.1) is 0 Å². The summed E-state index contributed by atoms with van der Waals surface area (Å²) in [7, 11) is 0. The predicted molar refractivity (Wildman–Crippen MR) is 71.1 cm³/mol. The zero-order chi connectivity index (χ0) is 14.3. The Morgan fingerprint density at radius 2 is 2.25 bits per heavy atom. The number of nitrogens with two attached hydrogens (primary N) is 1. The molecule has 1 aromatic heterocycles. The van der Waals surface area contributed by atoms with Gasteiger partial charge in [-0.1, -0.05) is 18.2 Å². The number of aliphatic carboxylic acids is 1. The maximum absolute atomic E-state index is 11.5. The summed E-state index contributed by atoms with van der Waals surface area (Å²) in [6.07, 6.45) is 1.83. The second kappa shape index (κ2) is 4.35. The van der Waals surface area contributed by atoms with Crippen molar-refractivity contribution in [2.24, 2.45) is 5.73 Å². The van der Waals surface area contributed by atoms with Crippen molar-refractivity contribution < 1.29 is 19.4 Å². The number of aromatic amines is 1. The van der Waals surface area contributed by atoms with Crippen molar-refractivity contribution >= 4 is 22.8 Å². The number of benzene rings is 1. The Balaban J connectivity index is 1.99. The number of hydrogen-bond donors (Lipinski definition) is 3. The first-order chi connectivity index (χ1) is 9.52. The van der Waals surface area contributed by atoms with E-state index in [0.717, 1.165) is 16.5 Å². The summed E-state index contributed by atoms with van der Waals surface area (Å²) < 4.78 is 5.07. The van der Waals surface area contributed by atoms with Crippen LogP contribution < -0.4 is 5.73 Å². The number of rotatable bonds is 3. The minimum Gasteiger partial charge on any atom is -0.478 e. The zero-order valence-corrected chi connectivity index (χ0v) is 10.6. The first kappa shape index (κ1) is 12.7. The van der Waals surface area contributed by atoms with E-state index in [9.17, 15) is 14.7 Å². The number of H-pyrrole nitrogens is 1. The molecule has 1 saturated heterocycles. The Kier molecular flexibility index (Phi) is 2.76. The summed E-state index contributed by atoms with van der Waals surface area (Å²) in [5, 5.41) is 10.3. The summed E-state index contributed by atoms with van der Waals surface area (Å²) in [4.78, 5) is 26.1. The molecule has 0 unspecified atom stereocenters. The number of para-hydroxylation sites is 1. The molecule has 20 heavy (non-hydrogen) atoms. The molecule has 1 aliphatic rings. The number of nitrogens with one attached hydrogen (secondary N) is 1. The van der Waals surface area contributed by atoms with Crippen molar-refractivity contribution in [1.82, 2.24) is 4.98 Å². The molecule has 1 aromatic carbocycles. The Hall–Kier alpha value is -2.34. The van der Waals surface area contributed by atoms with Gasteiger partial charge in [0.05, 0.1) is 0 Å². The van der Waals surface area contributed by atoms with Gasteiger partial charge in [0.15, 0.2) is 0 Å². The minimum atomic E-state index is -1.57. The van der Waals surface area contributed by atoms with Gasteiger partial charge in [-0.3, -0.25) is 4.79 Å². The van der Waals surface area contributed by atoms with Crippen LogP contribution in [0.4, 0.5) is 0 Å². The molecule has 6 heteroatoms. The van der Waals surface area contributed by atoms with E-state index >= 15 is 0 Å². The fourth-order valence-electron chi connectivity index (χ4n) is 2.65. The average Bonchev–Trinajstić information content (AvgIpc) is 2.94. The van der Waals surface area contributed by atoms with Crippen LogP contribution >= 0.6 is 0 Å². The third-order valence-corrected chi connectivity index (χ3v) is 3.69. The van der Waals surface area contributed by atoms with Crippen molar-refractivity contribution in [3.63, 3.8) is 0 Å². The quantitative estimate of drug-likeness (QED) is 0.718. The van der Waals surface area contributed by atoms with Gasteiger partial charge in [-0.25, -0.2) is 4.79 Å². The van der Waals surface area contributed by atoms with Crippen LogP contribution in [0.3, 0.4) is 0 Å². The number of carbonyl (C=O) groups is 2. The van der Waals surface area contributed by atoms with Crippen molar-refractivity contribution in [2.75, 3.05) is 0 Å². The summed E-state index contributed by atoms with van der Waals surface area (Å²) >= 11 is 0. The number of aromatic nitrogens is 1. The molecule has 1 fully saturated rings. The van der Waals surface area contributed by atoms with Crippen molar-refractivity contribution in [2.45, 2.75) is 24.5 Å². The maximum atomic E-state index is 11.5. The first-order valence-electron chi connectivity index (χ1n) is 6.29. The van der Waals surface area contributed by atoms with Crippen LogP contribution in [0.1, 0.15) is 12.0 Å². The topological polar surface area (TPSA) is 105 Å². The fraction of sp³-hybridized carbons (Fsp3) is 0.286. The average molecular weight is 274 g/mol. The lowest BCUT2D eigenvalue weighted by Crippen LogP contribution is -2.41. The van der Waals surface area contributed by atoms with Gasteiger partial charge in [0.1, 0.15) is 6.04 Å². The van der Waals surface area contributed by atoms with E-state index in [1.54, 1.807) is 6.20 Å². The zero-order valence-electron chi connectivity index (χ0n) is 10.6. The highest BCUT2D eigenvalue weighted by atomic mass is 16.6. The predicted octanol–water partition coefficient (Wildman–Crippen LogP) is 0.808. The summed E-state index contributed by atoms with van der Waals surface area (Å²) in [5.74, 6) is -1.82. The fourth-order valence-corrected chi connectivity index (χ4v) is 2.65. The molecule has 0 aliphatic carbocycles. The van der Waals surface area contributed by atoms with E-state index in [1.807, 2.05) is 24.3 Å². The molecule has 2 aromatic rings. The second-order valence-corrected chi connectivity index (χ2v) is 5.07. The van der Waals surface area contributed by atoms with Crippen LogP contribution in [0.25, 0.3) is 10.9 Å². The van der Waals surface area contributed by atoms with E-state index in [0.29, 0.717) is 0 Å². The number of ether oxygens (including phenoxy) is 1. The maximum Gasteiger partial charge on any atom is 0.348 e. The molecule has 104 valence electrons. The molecule has 0 radical (unpaired) electrons. The normalized spacial score (nSPS) is 25.9. The lowest BCUT2D eigenvalue weighted by atomic mass is 9.90. The van der Waals surface area contributed by atoms with Crippen LogP contribution in [0.15, 0.2) is 30.5 Å². The number of esters is 1. The number of carbonyl (C=O) groups excluding carboxylic acids is 1. The Bertz CT molecular complexity index is 693. The number of fused-ring (bicyclic) bond motifs is 1. The van der Waals surface area contributed by atoms with Gasteiger partial charge in [0.25, 0.3) is 0 Å². The molecule has 6 nitrogen and oxygen atoms in total. The van der Waals surface area contributed by atoms with E-state index in [2.05, 4.69) is 4.98 Å². The van der Waals surface area contributed by atoms with Crippen molar-refractivity contribution in [3.8, 4) is 0 Å². The van der Waals surface area contributed by atoms with Gasteiger partial charge in [0.2, 0.25) is 5.60 Å². The summed E-state index contributed by atoms with van der Waals surface area (Å²) in [6, 6.07) is 6.68. The van der Waals surface area contributed by atoms with Crippen LogP contribution in [0.2, 0.25) is 0 Å². The van der Waals surface area contributed by atoms with Crippen molar-refractivity contribution in [3.05, 3.63) is 36.0 Å².